The quantitative estimate of drug-likeness (QED) is 0.435. The van der Waals surface area contributed by atoms with Crippen LogP contribution in [0.3, 0.4) is 0 Å². The van der Waals surface area contributed by atoms with E-state index in [9.17, 15) is 23.4 Å². The minimum absolute atomic E-state index is 0.0301. The first kappa shape index (κ1) is 16.7. The number of carbonyl (C=O) groups is 1. The van der Waals surface area contributed by atoms with Gasteiger partial charge in [0.1, 0.15) is 18.3 Å². The molecule has 1 aromatic rings. The molecule has 1 aromatic carbocycles. The summed E-state index contributed by atoms with van der Waals surface area (Å²) in [6.45, 7) is 1.01. The third kappa shape index (κ3) is 4.36. The Morgan fingerprint density at radius 1 is 1.20 bits per heavy atom. The standard InChI is InChI=1S/C12H16O7S/c1-8-2-4-9(5-3-8)20(17,18)19-7-11(15)12(16)10(14)6-13/h2-6,10-12,14-16H,7H2,1H3/t10-,11-,12+/m0/s1. The second-order valence-electron chi connectivity index (χ2n) is 4.24. The monoisotopic (exact) mass is 304 g/mol. The Labute approximate surface area is 116 Å². The number of carbonyl (C=O) groups excluding carboxylic acids is 1. The van der Waals surface area contributed by atoms with Crippen molar-refractivity contribution in [3.63, 3.8) is 0 Å². The molecule has 0 saturated heterocycles. The summed E-state index contributed by atoms with van der Waals surface area (Å²) in [6, 6.07) is 5.84. The van der Waals surface area contributed by atoms with Gasteiger partial charge in [0.25, 0.3) is 10.1 Å². The lowest BCUT2D eigenvalue weighted by Crippen LogP contribution is -2.41. The van der Waals surface area contributed by atoms with Crippen molar-refractivity contribution < 1.29 is 32.7 Å². The van der Waals surface area contributed by atoms with Crippen LogP contribution in [0.25, 0.3) is 0 Å². The lowest BCUT2D eigenvalue weighted by Gasteiger charge is -2.19. The van der Waals surface area contributed by atoms with Gasteiger partial charge in [-0.3, -0.25) is 4.18 Å². The van der Waals surface area contributed by atoms with Crippen LogP contribution in [-0.4, -0.2) is 54.9 Å². The zero-order valence-electron chi connectivity index (χ0n) is 10.7. The highest BCUT2D eigenvalue weighted by Crippen LogP contribution is 2.14. The van der Waals surface area contributed by atoms with E-state index < -0.39 is 35.0 Å². The molecule has 0 heterocycles. The Balaban J connectivity index is 2.68. The predicted octanol–water partition coefficient (Wildman–Crippen LogP) is -1.02. The van der Waals surface area contributed by atoms with Gasteiger partial charge in [0, 0.05) is 0 Å². The van der Waals surface area contributed by atoms with E-state index in [1.165, 1.54) is 12.1 Å². The first-order chi connectivity index (χ1) is 9.27. The summed E-state index contributed by atoms with van der Waals surface area (Å²) >= 11 is 0. The van der Waals surface area contributed by atoms with Crippen LogP contribution in [0.5, 0.6) is 0 Å². The second-order valence-corrected chi connectivity index (χ2v) is 5.85. The average Bonchev–Trinajstić information content (AvgIpc) is 2.43. The zero-order chi connectivity index (χ0) is 15.3. The van der Waals surface area contributed by atoms with Gasteiger partial charge in [0.05, 0.1) is 11.5 Å². The molecular formula is C12H16O7S. The Hall–Kier alpha value is -1.32. The van der Waals surface area contributed by atoms with Crippen molar-refractivity contribution >= 4 is 16.4 Å². The fourth-order valence-corrected chi connectivity index (χ4v) is 2.26. The number of aliphatic hydroxyl groups is 3. The fourth-order valence-electron chi connectivity index (χ4n) is 1.34. The van der Waals surface area contributed by atoms with Crippen LogP contribution in [0.4, 0.5) is 0 Å². The smallest absolute Gasteiger partial charge is 0.297 e. The Bertz CT molecular complexity index is 537. The van der Waals surface area contributed by atoms with Crippen LogP contribution in [0.15, 0.2) is 29.2 Å². The summed E-state index contributed by atoms with van der Waals surface area (Å²) in [5.41, 5.74) is 0.869. The number of aliphatic hydroxyl groups excluding tert-OH is 3. The highest BCUT2D eigenvalue weighted by molar-refractivity contribution is 7.86. The molecule has 0 amide bonds. The minimum atomic E-state index is -4.08. The van der Waals surface area contributed by atoms with Gasteiger partial charge in [0.2, 0.25) is 0 Å². The highest BCUT2D eigenvalue weighted by atomic mass is 32.2. The van der Waals surface area contributed by atoms with Crippen LogP contribution in [0.2, 0.25) is 0 Å². The topological polar surface area (TPSA) is 121 Å². The molecule has 0 aliphatic heterocycles. The number of aryl methyl sites for hydroxylation is 1. The number of benzene rings is 1. The maximum Gasteiger partial charge on any atom is 0.297 e. The van der Waals surface area contributed by atoms with E-state index in [1.807, 2.05) is 0 Å². The first-order valence-corrected chi connectivity index (χ1v) is 7.14. The lowest BCUT2D eigenvalue weighted by molar-refractivity contribution is -0.127. The van der Waals surface area contributed by atoms with E-state index in [2.05, 4.69) is 4.18 Å². The molecule has 1 rings (SSSR count). The maximum atomic E-state index is 11.8. The number of hydrogen-bond acceptors (Lipinski definition) is 7. The third-order valence-corrected chi connectivity index (χ3v) is 3.88. The van der Waals surface area contributed by atoms with E-state index >= 15 is 0 Å². The lowest BCUT2D eigenvalue weighted by atomic mass is 10.1. The summed E-state index contributed by atoms with van der Waals surface area (Å²) in [7, 11) is -4.08. The third-order valence-electron chi connectivity index (χ3n) is 2.59. The Morgan fingerprint density at radius 2 is 1.75 bits per heavy atom. The molecule has 0 spiro atoms. The first-order valence-electron chi connectivity index (χ1n) is 5.73. The van der Waals surface area contributed by atoms with E-state index in [-0.39, 0.29) is 11.2 Å². The number of aldehydes is 1. The van der Waals surface area contributed by atoms with Gasteiger partial charge in [-0.05, 0) is 19.1 Å². The normalized spacial score (nSPS) is 16.4. The van der Waals surface area contributed by atoms with Crippen molar-refractivity contribution in [2.45, 2.75) is 30.1 Å². The van der Waals surface area contributed by atoms with Gasteiger partial charge in [-0.2, -0.15) is 8.42 Å². The molecule has 112 valence electrons. The maximum absolute atomic E-state index is 11.8. The van der Waals surface area contributed by atoms with Crippen LogP contribution in [0.1, 0.15) is 5.56 Å². The molecule has 0 aromatic heterocycles. The van der Waals surface area contributed by atoms with E-state index in [0.717, 1.165) is 5.56 Å². The van der Waals surface area contributed by atoms with E-state index in [1.54, 1.807) is 19.1 Å². The fraction of sp³-hybridized carbons (Fsp3) is 0.417. The van der Waals surface area contributed by atoms with Crippen molar-refractivity contribution in [1.29, 1.82) is 0 Å². The van der Waals surface area contributed by atoms with Crippen molar-refractivity contribution in [1.82, 2.24) is 0 Å². The molecule has 3 atom stereocenters. The second kappa shape index (κ2) is 6.91. The number of hydrogen-bond donors (Lipinski definition) is 3. The zero-order valence-corrected chi connectivity index (χ0v) is 11.5. The molecule has 0 aliphatic carbocycles. The molecule has 8 heteroatoms. The molecule has 0 unspecified atom stereocenters. The summed E-state index contributed by atoms with van der Waals surface area (Å²) in [5.74, 6) is 0. The van der Waals surface area contributed by atoms with Crippen LogP contribution < -0.4 is 0 Å². The van der Waals surface area contributed by atoms with Crippen LogP contribution in [0, 0.1) is 6.92 Å². The molecule has 0 aliphatic rings. The molecule has 0 bridgehead atoms. The summed E-state index contributed by atoms with van der Waals surface area (Å²) in [6.07, 6.45) is -5.31. The molecular weight excluding hydrogens is 288 g/mol. The Kier molecular flexibility index (Phi) is 5.78. The van der Waals surface area contributed by atoms with Crippen molar-refractivity contribution in [2.24, 2.45) is 0 Å². The SMILES string of the molecule is Cc1ccc(S(=O)(=O)OC[C@H](O)[C@H](O)[C@@H](O)C=O)cc1. The largest absolute Gasteiger partial charge is 0.388 e. The summed E-state index contributed by atoms with van der Waals surface area (Å²) in [5, 5.41) is 27.7. The molecule has 3 N–H and O–H groups in total. The van der Waals surface area contributed by atoms with Gasteiger partial charge in [0.15, 0.2) is 6.29 Å². The van der Waals surface area contributed by atoms with E-state index in [4.69, 9.17) is 5.11 Å². The molecule has 0 fully saturated rings. The summed E-state index contributed by atoms with van der Waals surface area (Å²) < 4.78 is 28.1. The Morgan fingerprint density at radius 3 is 2.25 bits per heavy atom. The van der Waals surface area contributed by atoms with Crippen molar-refractivity contribution in [2.75, 3.05) is 6.61 Å². The molecule has 7 nitrogen and oxygen atoms in total. The van der Waals surface area contributed by atoms with Crippen LogP contribution in [-0.2, 0) is 19.1 Å². The summed E-state index contributed by atoms with van der Waals surface area (Å²) in [4.78, 5) is 10.1. The van der Waals surface area contributed by atoms with Gasteiger partial charge < -0.3 is 20.1 Å². The van der Waals surface area contributed by atoms with Gasteiger partial charge in [-0.15, -0.1) is 0 Å². The molecule has 0 saturated carbocycles. The van der Waals surface area contributed by atoms with Crippen LogP contribution >= 0.6 is 0 Å². The van der Waals surface area contributed by atoms with E-state index in [0.29, 0.717) is 0 Å². The van der Waals surface area contributed by atoms with Crippen molar-refractivity contribution in [3.8, 4) is 0 Å². The molecule has 0 radical (unpaired) electrons. The van der Waals surface area contributed by atoms with Gasteiger partial charge in [-0.1, -0.05) is 17.7 Å². The minimum Gasteiger partial charge on any atom is -0.388 e. The highest BCUT2D eigenvalue weighted by Gasteiger charge is 2.26. The van der Waals surface area contributed by atoms with Crippen molar-refractivity contribution in [3.05, 3.63) is 29.8 Å². The number of rotatable bonds is 7. The van der Waals surface area contributed by atoms with Gasteiger partial charge in [-0.25, -0.2) is 0 Å². The van der Waals surface area contributed by atoms with Gasteiger partial charge >= 0.3 is 0 Å². The average molecular weight is 304 g/mol. The predicted molar refractivity (Wildman–Crippen MR) is 68.4 cm³/mol. The molecule has 20 heavy (non-hydrogen) atoms.